The smallest absolute Gasteiger partial charge is 0.319 e. The Balaban J connectivity index is 1.36. The lowest BCUT2D eigenvalue weighted by Gasteiger charge is -2.36. The molecule has 0 unspecified atom stereocenters. The largest absolute Gasteiger partial charge is 0.497 e. The summed E-state index contributed by atoms with van der Waals surface area (Å²) in [7, 11) is 1.60. The van der Waals surface area contributed by atoms with E-state index in [0.717, 1.165) is 37.7 Å². The number of hydrogen-bond acceptors (Lipinski definition) is 4. The quantitative estimate of drug-likeness (QED) is 0.797. The van der Waals surface area contributed by atoms with Crippen LogP contribution in [0.2, 0.25) is 5.02 Å². The number of hydrogen-bond donors (Lipinski definition) is 2. The third-order valence-corrected chi connectivity index (χ3v) is 4.86. The molecule has 1 heterocycles. The number of amides is 2. The summed E-state index contributed by atoms with van der Waals surface area (Å²) in [5.74, 6) is 0.714. The van der Waals surface area contributed by atoms with Gasteiger partial charge in [-0.3, -0.25) is 4.90 Å². The van der Waals surface area contributed by atoms with Gasteiger partial charge in [0.1, 0.15) is 5.75 Å². The first-order valence-corrected chi connectivity index (χ1v) is 9.43. The Labute approximate surface area is 165 Å². The zero-order valence-electron chi connectivity index (χ0n) is 15.5. The maximum atomic E-state index is 12.0. The summed E-state index contributed by atoms with van der Waals surface area (Å²) in [5.41, 5.74) is 1.92. The lowest BCUT2D eigenvalue weighted by atomic mass is 10.2. The summed E-state index contributed by atoms with van der Waals surface area (Å²) in [6.45, 7) is 5.33. The molecule has 2 amide bonds. The minimum atomic E-state index is -0.206. The minimum absolute atomic E-state index is 0.206. The number of benzene rings is 2. The van der Waals surface area contributed by atoms with Crippen molar-refractivity contribution >= 4 is 29.0 Å². The Hall–Kier alpha value is -2.44. The lowest BCUT2D eigenvalue weighted by Crippen LogP contribution is -2.48. The van der Waals surface area contributed by atoms with Crippen LogP contribution in [-0.4, -0.2) is 57.3 Å². The van der Waals surface area contributed by atoms with Gasteiger partial charge in [-0.05, 0) is 36.4 Å². The molecule has 0 atom stereocenters. The summed E-state index contributed by atoms with van der Waals surface area (Å²) in [4.78, 5) is 16.7. The van der Waals surface area contributed by atoms with Gasteiger partial charge in [0.15, 0.2) is 0 Å². The van der Waals surface area contributed by atoms with Gasteiger partial charge in [-0.1, -0.05) is 17.7 Å². The number of carbonyl (C=O) groups is 1. The summed E-state index contributed by atoms with van der Waals surface area (Å²) in [5, 5.41) is 6.48. The summed E-state index contributed by atoms with van der Waals surface area (Å²) in [6.07, 6.45) is 0. The number of urea groups is 1. The third kappa shape index (κ3) is 5.77. The molecule has 2 aromatic carbocycles. The number of piperazine rings is 1. The van der Waals surface area contributed by atoms with Gasteiger partial charge in [-0.25, -0.2) is 4.79 Å². The van der Waals surface area contributed by atoms with Gasteiger partial charge >= 0.3 is 6.03 Å². The predicted molar refractivity (Wildman–Crippen MR) is 110 cm³/mol. The predicted octanol–water partition coefficient (Wildman–Crippen LogP) is 3.29. The molecule has 2 N–H and O–H groups in total. The van der Waals surface area contributed by atoms with Gasteiger partial charge in [-0.2, -0.15) is 0 Å². The number of halogens is 1. The van der Waals surface area contributed by atoms with Gasteiger partial charge in [0.2, 0.25) is 0 Å². The standard InChI is InChI=1S/C20H25ClN4O2/c1-27-19-4-2-3-17(15-19)23-20(26)22-9-10-24-11-13-25(14-12-24)18-7-5-16(21)6-8-18/h2-8,15H,9-14H2,1H3,(H2,22,23,26). The minimum Gasteiger partial charge on any atom is -0.497 e. The molecule has 0 bridgehead atoms. The molecule has 6 nitrogen and oxygen atoms in total. The molecule has 2 aromatic rings. The van der Waals surface area contributed by atoms with Crippen molar-refractivity contribution in [3.8, 4) is 5.75 Å². The fraction of sp³-hybridized carbons (Fsp3) is 0.350. The first-order valence-electron chi connectivity index (χ1n) is 9.06. The van der Waals surface area contributed by atoms with Gasteiger partial charge in [0, 0.05) is 61.7 Å². The van der Waals surface area contributed by atoms with E-state index in [9.17, 15) is 4.79 Å². The molecule has 144 valence electrons. The molecular weight excluding hydrogens is 364 g/mol. The number of nitrogens with zero attached hydrogens (tertiary/aromatic N) is 2. The van der Waals surface area contributed by atoms with E-state index in [1.165, 1.54) is 5.69 Å². The Morgan fingerprint density at radius 2 is 1.85 bits per heavy atom. The van der Waals surface area contributed by atoms with Gasteiger partial charge < -0.3 is 20.3 Å². The molecule has 27 heavy (non-hydrogen) atoms. The molecule has 1 fully saturated rings. The van der Waals surface area contributed by atoms with Crippen molar-refractivity contribution in [1.82, 2.24) is 10.2 Å². The fourth-order valence-electron chi connectivity index (χ4n) is 3.09. The van der Waals surface area contributed by atoms with E-state index in [1.54, 1.807) is 13.2 Å². The topological polar surface area (TPSA) is 56.8 Å². The van der Waals surface area contributed by atoms with Crippen LogP contribution in [0.1, 0.15) is 0 Å². The average molecular weight is 389 g/mol. The average Bonchev–Trinajstić information content (AvgIpc) is 2.69. The first kappa shape index (κ1) is 19.3. The van der Waals surface area contributed by atoms with E-state index in [4.69, 9.17) is 16.3 Å². The number of nitrogens with one attached hydrogen (secondary N) is 2. The molecule has 0 aromatic heterocycles. The third-order valence-electron chi connectivity index (χ3n) is 4.61. The summed E-state index contributed by atoms with van der Waals surface area (Å²) < 4.78 is 5.15. The van der Waals surface area contributed by atoms with Gasteiger partial charge in [-0.15, -0.1) is 0 Å². The molecule has 1 saturated heterocycles. The van der Waals surface area contributed by atoms with E-state index in [2.05, 4.69) is 32.6 Å². The molecule has 0 radical (unpaired) electrons. The van der Waals surface area contributed by atoms with Crippen LogP contribution in [0.25, 0.3) is 0 Å². The van der Waals surface area contributed by atoms with Crippen molar-refractivity contribution in [2.75, 3.05) is 56.6 Å². The summed E-state index contributed by atoms with van der Waals surface area (Å²) in [6, 6.07) is 15.1. The Bertz CT molecular complexity index is 746. The molecule has 1 aliphatic rings. The van der Waals surface area contributed by atoms with Crippen molar-refractivity contribution in [3.63, 3.8) is 0 Å². The maximum Gasteiger partial charge on any atom is 0.319 e. The zero-order valence-corrected chi connectivity index (χ0v) is 16.2. The molecule has 0 aliphatic carbocycles. The highest BCUT2D eigenvalue weighted by atomic mass is 35.5. The highest BCUT2D eigenvalue weighted by Crippen LogP contribution is 2.19. The van der Waals surface area contributed by atoms with Crippen molar-refractivity contribution in [3.05, 3.63) is 53.6 Å². The maximum absolute atomic E-state index is 12.0. The van der Waals surface area contributed by atoms with Crippen molar-refractivity contribution in [1.29, 1.82) is 0 Å². The molecule has 1 aliphatic heterocycles. The summed E-state index contributed by atoms with van der Waals surface area (Å²) >= 11 is 5.95. The monoisotopic (exact) mass is 388 g/mol. The fourth-order valence-corrected chi connectivity index (χ4v) is 3.21. The molecule has 0 spiro atoms. The van der Waals surface area contributed by atoms with Crippen LogP contribution >= 0.6 is 11.6 Å². The van der Waals surface area contributed by atoms with Crippen LogP contribution in [0.5, 0.6) is 5.75 Å². The highest BCUT2D eigenvalue weighted by Gasteiger charge is 2.17. The molecule has 3 rings (SSSR count). The zero-order chi connectivity index (χ0) is 19.1. The SMILES string of the molecule is COc1cccc(NC(=O)NCCN2CCN(c3ccc(Cl)cc3)CC2)c1. The second-order valence-corrected chi connectivity index (χ2v) is 6.85. The Morgan fingerprint density at radius 3 is 2.56 bits per heavy atom. The molecule has 0 saturated carbocycles. The number of methoxy groups -OCH3 is 1. The van der Waals surface area contributed by atoms with Crippen LogP contribution in [0.15, 0.2) is 48.5 Å². The molecular formula is C20H25ClN4O2. The second kappa shape index (κ2) is 9.48. The van der Waals surface area contributed by atoms with Gasteiger partial charge in [0.05, 0.1) is 7.11 Å². The van der Waals surface area contributed by atoms with Crippen molar-refractivity contribution in [2.24, 2.45) is 0 Å². The Kier molecular flexibility index (Phi) is 6.79. The van der Waals surface area contributed by atoms with E-state index in [-0.39, 0.29) is 6.03 Å². The van der Waals surface area contributed by atoms with Crippen molar-refractivity contribution in [2.45, 2.75) is 0 Å². The van der Waals surface area contributed by atoms with E-state index in [0.29, 0.717) is 18.0 Å². The number of anilines is 2. The number of ether oxygens (including phenoxy) is 1. The van der Waals surface area contributed by atoms with E-state index < -0.39 is 0 Å². The second-order valence-electron chi connectivity index (χ2n) is 6.42. The normalized spacial score (nSPS) is 14.7. The van der Waals surface area contributed by atoms with Crippen LogP contribution in [0.4, 0.5) is 16.2 Å². The molecule has 7 heteroatoms. The van der Waals surface area contributed by atoms with Crippen LogP contribution < -0.4 is 20.3 Å². The number of carbonyl (C=O) groups excluding carboxylic acids is 1. The first-order chi connectivity index (χ1) is 13.1. The van der Waals surface area contributed by atoms with Gasteiger partial charge in [0.25, 0.3) is 0 Å². The highest BCUT2D eigenvalue weighted by molar-refractivity contribution is 6.30. The van der Waals surface area contributed by atoms with Crippen LogP contribution in [-0.2, 0) is 0 Å². The Morgan fingerprint density at radius 1 is 1.11 bits per heavy atom. The van der Waals surface area contributed by atoms with Crippen LogP contribution in [0.3, 0.4) is 0 Å². The van der Waals surface area contributed by atoms with E-state index in [1.807, 2.05) is 30.3 Å². The van der Waals surface area contributed by atoms with Crippen LogP contribution in [0, 0.1) is 0 Å². The number of rotatable bonds is 6. The van der Waals surface area contributed by atoms with Crippen molar-refractivity contribution < 1.29 is 9.53 Å². The van der Waals surface area contributed by atoms with E-state index >= 15 is 0 Å². The lowest BCUT2D eigenvalue weighted by molar-refractivity contribution is 0.240.